The molecule has 0 atom stereocenters. The second-order valence-corrected chi connectivity index (χ2v) is 7.91. The van der Waals surface area contributed by atoms with Crippen LogP contribution in [0.4, 0.5) is 5.69 Å². The Morgan fingerprint density at radius 1 is 1.07 bits per heavy atom. The van der Waals surface area contributed by atoms with Crippen LogP contribution in [0.3, 0.4) is 0 Å². The first-order valence-electron chi connectivity index (χ1n) is 9.39. The lowest BCUT2D eigenvalue weighted by atomic mass is 10.1. The van der Waals surface area contributed by atoms with Gasteiger partial charge < -0.3 is 10.1 Å². The van der Waals surface area contributed by atoms with Gasteiger partial charge >= 0.3 is 0 Å². The van der Waals surface area contributed by atoms with Crippen molar-refractivity contribution in [1.82, 2.24) is 15.0 Å². The first-order valence-corrected chi connectivity index (χ1v) is 10.3. The number of carbonyl (C=O) groups excluding carboxylic acids is 1. The average Bonchev–Trinajstić information content (AvgIpc) is 3.18. The maximum atomic E-state index is 12.9. The number of thiazole rings is 1. The quantitative estimate of drug-likeness (QED) is 0.460. The van der Waals surface area contributed by atoms with Crippen LogP contribution in [0.1, 0.15) is 26.5 Å². The Morgan fingerprint density at radius 3 is 2.57 bits per heavy atom. The molecule has 4 rings (SSSR count). The van der Waals surface area contributed by atoms with E-state index in [1.54, 1.807) is 11.3 Å². The van der Waals surface area contributed by atoms with Gasteiger partial charge in [0, 0.05) is 22.8 Å². The summed E-state index contributed by atoms with van der Waals surface area (Å²) < 4.78 is 5.96. The Labute approximate surface area is 178 Å². The second-order valence-electron chi connectivity index (χ2n) is 6.84. The zero-order chi connectivity index (χ0) is 21.1. The zero-order valence-corrected chi connectivity index (χ0v) is 17.7. The maximum Gasteiger partial charge on any atom is 0.262 e. The molecule has 150 valence electrons. The molecule has 0 aliphatic carbocycles. The number of hydrogen-bond acceptors (Lipinski definition) is 6. The predicted molar refractivity (Wildman–Crippen MR) is 118 cm³/mol. The number of carbonyl (C=O) groups is 1. The topological polar surface area (TPSA) is 77.0 Å². The maximum absolute atomic E-state index is 12.9. The summed E-state index contributed by atoms with van der Waals surface area (Å²) in [5.41, 5.74) is 4.82. The number of amides is 1. The van der Waals surface area contributed by atoms with Crippen molar-refractivity contribution in [3.05, 3.63) is 82.1 Å². The molecule has 0 unspecified atom stereocenters. The highest BCUT2D eigenvalue weighted by Gasteiger charge is 2.17. The first kappa shape index (κ1) is 19.7. The summed E-state index contributed by atoms with van der Waals surface area (Å²) in [5.74, 6) is 0.438. The summed E-state index contributed by atoms with van der Waals surface area (Å²) in [6.07, 6.45) is 2.82. The number of aryl methyl sites for hydroxylation is 3. The normalized spacial score (nSPS) is 10.6. The molecule has 0 bridgehead atoms. The van der Waals surface area contributed by atoms with E-state index in [9.17, 15) is 4.79 Å². The van der Waals surface area contributed by atoms with E-state index in [0.29, 0.717) is 5.75 Å². The SMILES string of the molecule is Cc1nc(-c2cccc(Oc3ncncc3C(=O)Nc3c(C)cccc3C)c2)cs1. The highest BCUT2D eigenvalue weighted by atomic mass is 32.1. The molecule has 2 aromatic carbocycles. The highest BCUT2D eigenvalue weighted by Crippen LogP contribution is 2.29. The number of nitrogens with zero attached hydrogens (tertiary/aromatic N) is 3. The fraction of sp³-hybridized carbons (Fsp3) is 0.130. The molecular weight excluding hydrogens is 396 g/mol. The van der Waals surface area contributed by atoms with Crippen molar-refractivity contribution in [1.29, 1.82) is 0 Å². The van der Waals surface area contributed by atoms with Crippen LogP contribution in [-0.2, 0) is 0 Å². The van der Waals surface area contributed by atoms with Crippen molar-refractivity contribution in [2.24, 2.45) is 0 Å². The number of ether oxygens (including phenoxy) is 1. The van der Waals surface area contributed by atoms with Crippen LogP contribution < -0.4 is 10.1 Å². The van der Waals surface area contributed by atoms with Gasteiger partial charge in [-0.05, 0) is 44.0 Å². The van der Waals surface area contributed by atoms with Crippen molar-refractivity contribution >= 4 is 22.9 Å². The molecule has 0 saturated heterocycles. The van der Waals surface area contributed by atoms with Crippen LogP contribution in [0.15, 0.2) is 60.4 Å². The average molecular weight is 417 g/mol. The molecule has 1 N–H and O–H groups in total. The van der Waals surface area contributed by atoms with Crippen LogP contribution in [0.5, 0.6) is 11.6 Å². The van der Waals surface area contributed by atoms with E-state index in [0.717, 1.165) is 33.1 Å². The molecular formula is C23H20N4O2S. The highest BCUT2D eigenvalue weighted by molar-refractivity contribution is 7.09. The summed E-state index contributed by atoms with van der Waals surface area (Å²) in [6.45, 7) is 5.87. The Bertz CT molecular complexity index is 1200. The predicted octanol–water partition coefficient (Wildman–Crippen LogP) is 5.57. The van der Waals surface area contributed by atoms with E-state index in [2.05, 4.69) is 20.3 Å². The number of nitrogens with one attached hydrogen (secondary N) is 1. The van der Waals surface area contributed by atoms with Crippen molar-refractivity contribution in [3.8, 4) is 22.9 Å². The molecule has 1 amide bonds. The van der Waals surface area contributed by atoms with Gasteiger partial charge in [0.15, 0.2) is 0 Å². The van der Waals surface area contributed by atoms with Crippen molar-refractivity contribution in [3.63, 3.8) is 0 Å². The van der Waals surface area contributed by atoms with Crippen LogP contribution in [0, 0.1) is 20.8 Å². The molecule has 2 aromatic heterocycles. The number of para-hydroxylation sites is 1. The fourth-order valence-corrected chi connectivity index (χ4v) is 3.70. The van der Waals surface area contributed by atoms with E-state index in [-0.39, 0.29) is 17.4 Å². The van der Waals surface area contributed by atoms with Gasteiger partial charge in [0.1, 0.15) is 17.6 Å². The molecule has 4 aromatic rings. The third kappa shape index (κ3) is 4.21. The minimum Gasteiger partial charge on any atom is -0.438 e. The molecule has 0 spiro atoms. The number of aromatic nitrogens is 3. The molecule has 0 fully saturated rings. The Balaban J connectivity index is 1.60. The van der Waals surface area contributed by atoms with E-state index in [1.807, 2.05) is 68.6 Å². The minimum absolute atomic E-state index is 0.195. The molecule has 0 aliphatic rings. The zero-order valence-electron chi connectivity index (χ0n) is 16.8. The number of anilines is 1. The largest absolute Gasteiger partial charge is 0.438 e. The molecule has 30 heavy (non-hydrogen) atoms. The first-order chi connectivity index (χ1) is 14.5. The smallest absolute Gasteiger partial charge is 0.262 e. The van der Waals surface area contributed by atoms with Gasteiger partial charge in [-0.3, -0.25) is 4.79 Å². The van der Waals surface area contributed by atoms with Gasteiger partial charge in [-0.1, -0.05) is 30.3 Å². The van der Waals surface area contributed by atoms with E-state index in [1.165, 1.54) is 12.5 Å². The summed E-state index contributed by atoms with van der Waals surface area (Å²) in [6, 6.07) is 13.4. The standard InChI is InChI=1S/C23H20N4O2S/c1-14-6-4-7-15(2)21(14)27-22(28)19-11-24-13-25-23(19)29-18-9-5-8-17(10-18)20-12-30-16(3)26-20/h4-13H,1-3H3,(H,27,28). The van der Waals surface area contributed by atoms with Gasteiger partial charge in [0.05, 0.1) is 10.7 Å². The second kappa shape index (κ2) is 8.42. The van der Waals surface area contributed by atoms with Crippen LogP contribution in [-0.4, -0.2) is 20.9 Å². The van der Waals surface area contributed by atoms with Gasteiger partial charge in [0.25, 0.3) is 5.91 Å². The van der Waals surface area contributed by atoms with Crippen molar-refractivity contribution < 1.29 is 9.53 Å². The summed E-state index contributed by atoms with van der Waals surface area (Å²) in [4.78, 5) is 25.6. The lowest BCUT2D eigenvalue weighted by molar-refractivity contribution is 0.102. The molecule has 2 heterocycles. The minimum atomic E-state index is -0.325. The Hall–Kier alpha value is -3.58. The number of hydrogen-bond donors (Lipinski definition) is 1. The van der Waals surface area contributed by atoms with E-state index < -0.39 is 0 Å². The number of rotatable bonds is 5. The molecule has 6 nitrogen and oxygen atoms in total. The van der Waals surface area contributed by atoms with Gasteiger partial charge in [0.2, 0.25) is 5.88 Å². The fourth-order valence-electron chi connectivity index (χ4n) is 3.07. The molecule has 0 aliphatic heterocycles. The summed E-state index contributed by atoms with van der Waals surface area (Å²) in [5, 5.41) is 5.95. The van der Waals surface area contributed by atoms with Crippen LogP contribution in [0.25, 0.3) is 11.3 Å². The van der Waals surface area contributed by atoms with E-state index in [4.69, 9.17) is 4.74 Å². The molecule has 0 saturated carbocycles. The third-order valence-electron chi connectivity index (χ3n) is 4.60. The third-order valence-corrected chi connectivity index (χ3v) is 5.38. The monoisotopic (exact) mass is 416 g/mol. The lowest BCUT2D eigenvalue weighted by Gasteiger charge is -2.13. The van der Waals surface area contributed by atoms with E-state index >= 15 is 0 Å². The van der Waals surface area contributed by atoms with Gasteiger partial charge in [-0.2, -0.15) is 0 Å². The van der Waals surface area contributed by atoms with Gasteiger partial charge in [-0.15, -0.1) is 11.3 Å². The number of benzene rings is 2. The Kier molecular flexibility index (Phi) is 5.54. The van der Waals surface area contributed by atoms with Gasteiger partial charge in [-0.25, -0.2) is 15.0 Å². The van der Waals surface area contributed by atoms with Crippen molar-refractivity contribution in [2.75, 3.05) is 5.32 Å². The molecule has 0 radical (unpaired) electrons. The molecule has 7 heteroatoms. The summed E-state index contributed by atoms with van der Waals surface area (Å²) >= 11 is 1.59. The summed E-state index contributed by atoms with van der Waals surface area (Å²) in [7, 11) is 0. The van der Waals surface area contributed by atoms with Crippen LogP contribution >= 0.6 is 11.3 Å². The van der Waals surface area contributed by atoms with Crippen molar-refractivity contribution in [2.45, 2.75) is 20.8 Å². The Morgan fingerprint density at radius 2 is 1.83 bits per heavy atom. The lowest BCUT2D eigenvalue weighted by Crippen LogP contribution is -2.15. The van der Waals surface area contributed by atoms with Crippen LogP contribution in [0.2, 0.25) is 0 Å².